The Kier molecular flexibility index (Phi) is 56.2. The summed E-state index contributed by atoms with van der Waals surface area (Å²) in [6.07, 6.45) is 54.4. The van der Waals surface area contributed by atoms with Gasteiger partial charge in [0.2, 0.25) is 0 Å². The minimum atomic E-state index is -0.901. The van der Waals surface area contributed by atoms with E-state index in [1.165, 1.54) is 231 Å². The zero-order valence-corrected chi connectivity index (χ0v) is 38.7. The van der Waals surface area contributed by atoms with E-state index in [0.717, 1.165) is 25.7 Å². The van der Waals surface area contributed by atoms with Gasteiger partial charge in [-0.2, -0.15) is 0 Å². The van der Waals surface area contributed by atoms with Gasteiger partial charge in [0.05, 0.1) is 0 Å². The molecule has 0 aromatic carbocycles. The summed E-state index contributed by atoms with van der Waals surface area (Å²) in [5.74, 6) is -1.80. The van der Waals surface area contributed by atoms with Gasteiger partial charge in [-0.05, 0) is 25.7 Å². The van der Waals surface area contributed by atoms with Crippen LogP contribution in [-0.2, 0) is 9.59 Å². The van der Waals surface area contributed by atoms with E-state index >= 15 is 0 Å². The van der Waals surface area contributed by atoms with E-state index in [0.29, 0.717) is 0 Å². The average molecular weight is 914 g/mol. The van der Waals surface area contributed by atoms with Gasteiger partial charge in [-0.1, -0.05) is 258 Å². The Bertz CT molecular complexity index is 587. The van der Waals surface area contributed by atoms with Crippen molar-refractivity contribution in [2.24, 2.45) is 0 Å². The van der Waals surface area contributed by atoms with Crippen LogP contribution >= 0.6 is 0 Å². The molecule has 5 heteroatoms. The van der Waals surface area contributed by atoms with Crippen LogP contribution in [0.1, 0.15) is 284 Å². The van der Waals surface area contributed by atoms with Crippen LogP contribution in [0.15, 0.2) is 0 Å². The van der Waals surface area contributed by atoms with E-state index in [9.17, 15) is 19.8 Å². The molecule has 0 unspecified atom stereocenters. The van der Waals surface area contributed by atoms with Gasteiger partial charge in [0.25, 0.3) is 0 Å². The summed E-state index contributed by atoms with van der Waals surface area (Å²) in [6, 6.07) is 0. The third-order valence-corrected chi connectivity index (χ3v) is 10.5. The van der Waals surface area contributed by atoms with Crippen LogP contribution in [0.5, 0.6) is 0 Å². The molecule has 0 saturated heterocycles. The van der Waals surface area contributed by atoms with Gasteiger partial charge in [0.15, 0.2) is 0 Å². The largest absolute Gasteiger partial charge is 2.00 e. The smallest absolute Gasteiger partial charge is 0.550 e. The maximum atomic E-state index is 10.3. The molecule has 0 saturated carbocycles. The molecule has 2 radical (unpaired) electrons. The van der Waals surface area contributed by atoms with Gasteiger partial charge in [-0.25, -0.2) is 0 Å². The molecule has 0 amide bonds. The Morgan fingerprint density at radius 3 is 0.490 bits per heavy atom. The van der Waals surface area contributed by atoms with Crippen LogP contribution in [0, 0.1) is 0 Å². The van der Waals surface area contributed by atoms with Gasteiger partial charge in [-0.3, -0.25) is 0 Å². The fraction of sp³-hybridized carbons (Fsp3) is 0.957. The number of carboxylic acid groups (broad SMARTS) is 2. The number of hydrogen-bond donors (Lipinski definition) is 0. The Hall–Kier alpha value is -0.138. The summed E-state index contributed by atoms with van der Waals surface area (Å²) in [4.78, 5) is 20.6. The molecule has 0 fully saturated rings. The van der Waals surface area contributed by atoms with Crippen LogP contribution in [0.2, 0.25) is 0 Å². The molecule has 0 aliphatic rings. The first-order chi connectivity index (χ1) is 24.5. The minimum Gasteiger partial charge on any atom is -0.550 e. The zero-order valence-electron chi connectivity index (χ0n) is 34.8. The first-order valence-electron chi connectivity index (χ1n) is 22.9. The molecular formula is C46H90O4Pb. The van der Waals surface area contributed by atoms with Crippen LogP contribution in [0.3, 0.4) is 0 Å². The first kappa shape index (κ1) is 55.2. The number of rotatable bonds is 42. The Balaban J connectivity index is -0.000000886. The molecule has 0 aliphatic heterocycles. The maximum Gasteiger partial charge on any atom is 2.00 e. The van der Waals surface area contributed by atoms with Crippen molar-refractivity contribution >= 4 is 39.2 Å². The molecule has 0 N–H and O–H groups in total. The molecular weight excluding hydrogens is 824 g/mol. The average Bonchev–Trinajstić information content (AvgIpc) is 3.10. The molecule has 4 nitrogen and oxygen atoms in total. The van der Waals surface area contributed by atoms with Crippen molar-refractivity contribution in [2.75, 3.05) is 0 Å². The Morgan fingerprint density at radius 1 is 0.255 bits per heavy atom. The van der Waals surface area contributed by atoms with Crippen molar-refractivity contribution in [1.29, 1.82) is 0 Å². The number of carbonyl (C=O) groups is 2. The molecule has 0 aliphatic carbocycles. The normalized spacial score (nSPS) is 10.9. The second kappa shape index (κ2) is 52.0. The van der Waals surface area contributed by atoms with Gasteiger partial charge < -0.3 is 19.8 Å². The second-order valence-corrected chi connectivity index (χ2v) is 15.7. The quantitative estimate of drug-likeness (QED) is 0.0451. The Labute approximate surface area is 340 Å². The van der Waals surface area contributed by atoms with Crippen LogP contribution in [0.4, 0.5) is 0 Å². The summed E-state index contributed by atoms with van der Waals surface area (Å²) in [5.41, 5.74) is 0. The van der Waals surface area contributed by atoms with E-state index in [1.807, 2.05) is 0 Å². The number of aliphatic carboxylic acids is 2. The number of unbranched alkanes of at least 4 members (excludes halogenated alkanes) is 38. The SMILES string of the molecule is CCCCCCCCCCCCCCCCCCCCCCC(=O)[O-].CCCCCCCCCCCCCCCCCCCCCCC(=O)[O-].[Pb+2]. The summed E-state index contributed by atoms with van der Waals surface area (Å²) in [7, 11) is 0. The molecule has 0 aromatic rings. The summed E-state index contributed by atoms with van der Waals surface area (Å²) < 4.78 is 0. The van der Waals surface area contributed by atoms with Crippen molar-refractivity contribution in [3.63, 3.8) is 0 Å². The summed E-state index contributed by atoms with van der Waals surface area (Å²) >= 11 is 0. The molecule has 0 aromatic heterocycles. The van der Waals surface area contributed by atoms with E-state index < -0.39 is 11.9 Å². The number of carbonyl (C=O) groups excluding carboxylic acids is 2. The molecule has 0 bridgehead atoms. The van der Waals surface area contributed by atoms with Gasteiger partial charge in [0, 0.05) is 11.9 Å². The standard InChI is InChI=1S/2C23H46O2.Pb/c2*1-2-3-4-5-6-7-8-9-10-11-12-13-14-15-16-17-18-19-20-21-22-23(24)25;/h2*2-22H2,1H3,(H,24,25);/q;;+2/p-2. The van der Waals surface area contributed by atoms with Crippen LogP contribution in [0.25, 0.3) is 0 Å². The summed E-state index contributed by atoms with van der Waals surface area (Å²) in [5, 5.41) is 20.6. The van der Waals surface area contributed by atoms with E-state index in [4.69, 9.17) is 0 Å². The van der Waals surface area contributed by atoms with Gasteiger partial charge >= 0.3 is 27.3 Å². The van der Waals surface area contributed by atoms with Gasteiger partial charge in [0.1, 0.15) is 0 Å². The van der Waals surface area contributed by atoms with Crippen LogP contribution < -0.4 is 10.2 Å². The predicted octanol–water partition coefficient (Wildman–Crippen LogP) is 13.5. The molecule has 0 rings (SSSR count). The van der Waals surface area contributed by atoms with Crippen molar-refractivity contribution in [3.8, 4) is 0 Å². The number of hydrogen-bond acceptors (Lipinski definition) is 4. The third-order valence-electron chi connectivity index (χ3n) is 10.5. The van der Waals surface area contributed by atoms with E-state index in [1.54, 1.807) is 0 Å². The predicted molar refractivity (Wildman–Crippen MR) is 221 cm³/mol. The van der Waals surface area contributed by atoms with Crippen molar-refractivity contribution in [3.05, 3.63) is 0 Å². The molecule has 0 spiro atoms. The monoisotopic (exact) mass is 915 g/mol. The fourth-order valence-electron chi connectivity index (χ4n) is 7.05. The van der Waals surface area contributed by atoms with Crippen LogP contribution in [-0.4, -0.2) is 39.2 Å². The molecule has 51 heavy (non-hydrogen) atoms. The minimum absolute atomic E-state index is 0. The second-order valence-electron chi connectivity index (χ2n) is 15.7. The molecule has 0 heterocycles. The maximum absolute atomic E-state index is 10.3. The Morgan fingerprint density at radius 2 is 0.373 bits per heavy atom. The van der Waals surface area contributed by atoms with E-state index in [-0.39, 0.29) is 40.1 Å². The van der Waals surface area contributed by atoms with Crippen molar-refractivity contribution in [1.82, 2.24) is 0 Å². The molecule has 0 atom stereocenters. The van der Waals surface area contributed by atoms with Gasteiger partial charge in [-0.15, -0.1) is 0 Å². The number of carboxylic acids is 2. The van der Waals surface area contributed by atoms with E-state index in [2.05, 4.69) is 13.8 Å². The molecule has 302 valence electrons. The van der Waals surface area contributed by atoms with Crippen molar-refractivity contribution < 1.29 is 19.8 Å². The fourth-order valence-corrected chi connectivity index (χ4v) is 7.05. The first-order valence-corrected chi connectivity index (χ1v) is 22.9. The van der Waals surface area contributed by atoms with Crippen molar-refractivity contribution in [2.45, 2.75) is 284 Å². The third kappa shape index (κ3) is 59.4. The zero-order chi connectivity index (χ0) is 36.9. The summed E-state index contributed by atoms with van der Waals surface area (Å²) in [6.45, 7) is 4.57. The topological polar surface area (TPSA) is 80.3 Å².